The fraction of sp³-hybridized carbons (Fsp3) is 0.357. The highest BCUT2D eigenvalue weighted by Crippen LogP contribution is 2.23. The van der Waals surface area contributed by atoms with Gasteiger partial charge >= 0.3 is 0 Å². The minimum absolute atomic E-state index is 0.507. The van der Waals surface area contributed by atoms with Crippen molar-refractivity contribution < 1.29 is 4.74 Å². The van der Waals surface area contributed by atoms with Crippen molar-refractivity contribution in [2.45, 2.75) is 26.7 Å². The van der Waals surface area contributed by atoms with E-state index in [1.165, 1.54) is 5.56 Å². The van der Waals surface area contributed by atoms with Crippen LogP contribution in [0.3, 0.4) is 0 Å². The van der Waals surface area contributed by atoms with Crippen molar-refractivity contribution in [1.82, 2.24) is 4.98 Å². The molecule has 0 saturated carbocycles. The summed E-state index contributed by atoms with van der Waals surface area (Å²) >= 11 is 0. The fourth-order valence-electron chi connectivity index (χ4n) is 1.70. The summed E-state index contributed by atoms with van der Waals surface area (Å²) in [5.41, 5.74) is 2.29. The molecule has 2 heteroatoms. The van der Waals surface area contributed by atoms with Crippen molar-refractivity contribution in [2.24, 2.45) is 0 Å². The van der Waals surface area contributed by atoms with E-state index >= 15 is 0 Å². The van der Waals surface area contributed by atoms with Gasteiger partial charge in [0, 0.05) is 11.6 Å². The second-order valence-corrected chi connectivity index (χ2v) is 4.21. The molecular formula is C14H17NO. The maximum atomic E-state index is 5.49. The van der Waals surface area contributed by atoms with Gasteiger partial charge in [0.1, 0.15) is 5.75 Å². The van der Waals surface area contributed by atoms with Gasteiger partial charge in [-0.25, -0.2) is 0 Å². The van der Waals surface area contributed by atoms with Crippen LogP contribution in [-0.2, 0) is 0 Å². The van der Waals surface area contributed by atoms with Gasteiger partial charge in [0.25, 0.3) is 0 Å². The van der Waals surface area contributed by atoms with Crippen molar-refractivity contribution in [3.05, 3.63) is 36.0 Å². The number of hydrogen-bond acceptors (Lipinski definition) is 2. The molecule has 0 N–H and O–H groups in total. The van der Waals surface area contributed by atoms with Crippen molar-refractivity contribution in [3.63, 3.8) is 0 Å². The van der Waals surface area contributed by atoms with E-state index in [0.29, 0.717) is 12.5 Å². The number of pyridine rings is 1. The van der Waals surface area contributed by atoms with Crippen LogP contribution in [0.2, 0.25) is 0 Å². The molecule has 1 aromatic heterocycles. The number of ether oxygens (including phenoxy) is 1. The Balaban J connectivity index is 2.48. The van der Waals surface area contributed by atoms with Gasteiger partial charge in [-0.1, -0.05) is 13.8 Å². The number of aromatic nitrogens is 1. The molecule has 1 heterocycles. The van der Waals surface area contributed by atoms with E-state index in [-0.39, 0.29) is 0 Å². The van der Waals surface area contributed by atoms with Gasteiger partial charge in [0.2, 0.25) is 0 Å². The molecule has 2 nitrogen and oxygen atoms in total. The van der Waals surface area contributed by atoms with E-state index in [1.54, 1.807) is 0 Å². The normalized spacial score (nSPS) is 11.0. The number of hydrogen-bond donors (Lipinski definition) is 0. The zero-order chi connectivity index (χ0) is 11.5. The minimum atomic E-state index is 0.507. The summed E-state index contributed by atoms with van der Waals surface area (Å²) in [6.07, 6.45) is 1.95. The Morgan fingerprint density at radius 2 is 2.06 bits per heavy atom. The van der Waals surface area contributed by atoms with Crippen LogP contribution in [0.5, 0.6) is 5.75 Å². The minimum Gasteiger partial charge on any atom is -0.494 e. The number of nitrogens with zero attached hydrogens (tertiary/aromatic N) is 1. The lowest BCUT2D eigenvalue weighted by Gasteiger charge is -2.08. The molecule has 2 aromatic rings. The van der Waals surface area contributed by atoms with E-state index in [9.17, 15) is 0 Å². The van der Waals surface area contributed by atoms with Crippen LogP contribution in [0.1, 0.15) is 32.3 Å². The molecule has 0 amide bonds. The molecule has 1 aromatic carbocycles. The Morgan fingerprint density at radius 1 is 1.25 bits per heavy atom. The average Bonchev–Trinajstić information content (AvgIpc) is 2.28. The Labute approximate surface area is 96.3 Å². The molecule has 0 aliphatic rings. The van der Waals surface area contributed by atoms with Gasteiger partial charge in [-0.15, -0.1) is 0 Å². The molecule has 0 aliphatic carbocycles. The van der Waals surface area contributed by atoms with Gasteiger partial charge in [0.05, 0.1) is 12.1 Å². The molecule has 0 fully saturated rings. The van der Waals surface area contributed by atoms with Crippen LogP contribution in [0.25, 0.3) is 10.9 Å². The molecule has 0 radical (unpaired) electrons. The molecule has 0 aliphatic heterocycles. The summed E-state index contributed by atoms with van der Waals surface area (Å²) < 4.78 is 5.49. The van der Waals surface area contributed by atoms with Crippen molar-refractivity contribution in [2.75, 3.05) is 6.61 Å². The van der Waals surface area contributed by atoms with Crippen LogP contribution in [0, 0.1) is 0 Å². The summed E-state index contributed by atoms with van der Waals surface area (Å²) in [6, 6.07) is 8.21. The van der Waals surface area contributed by atoms with E-state index in [2.05, 4.69) is 31.0 Å². The Bertz CT molecular complexity index is 491. The van der Waals surface area contributed by atoms with Crippen molar-refractivity contribution >= 4 is 10.9 Å². The fourth-order valence-corrected chi connectivity index (χ4v) is 1.70. The molecule has 0 spiro atoms. The summed E-state index contributed by atoms with van der Waals surface area (Å²) in [5.74, 6) is 1.42. The first-order valence-corrected chi connectivity index (χ1v) is 5.73. The highest BCUT2D eigenvalue weighted by atomic mass is 16.5. The molecular weight excluding hydrogens is 198 g/mol. The van der Waals surface area contributed by atoms with Crippen molar-refractivity contribution in [1.29, 1.82) is 0 Å². The molecule has 84 valence electrons. The lowest BCUT2D eigenvalue weighted by Crippen LogP contribution is -1.93. The Morgan fingerprint density at radius 3 is 2.75 bits per heavy atom. The lowest BCUT2D eigenvalue weighted by atomic mass is 10.0. The molecule has 2 rings (SSSR count). The SMILES string of the molecule is CCOc1ccc2ncc(C(C)C)cc2c1. The van der Waals surface area contributed by atoms with Crippen molar-refractivity contribution in [3.8, 4) is 5.75 Å². The molecule has 0 atom stereocenters. The Kier molecular flexibility index (Phi) is 3.09. The quantitative estimate of drug-likeness (QED) is 0.777. The summed E-state index contributed by atoms with van der Waals surface area (Å²) in [6.45, 7) is 7.04. The van der Waals surface area contributed by atoms with Gasteiger partial charge < -0.3 is 4.74 Å². The summed E-state index contributed by atoms with van der Waals surface area (Å²) in [7, 11) is 0. The van der Waals surface area contributed by atoms with Crippen LogP contribution in [0.4, 0.5) is 0 Å². The molecule has 16 heavy (non-hydrogen) atoms. The summed E-state index contributed by atoms with van der Waals surface area (Å²) in [5, 5.41) is 1.15. The average molecular weight is 215 g/mol. The van der Waals surface area contributed by atoms with Crippen LogP contribution in [-0.4, -0.2) is 11.6 Å². The predicted octanol–water partition coefficient (Wildman–Crippen LogP) is 3.76. The van der Waals surface area contributed by atoms with E-state index in [1.807, 2.05) is 25.3 Å². The second kappa shape index (κ2) is 4.52. The largest absolute Gasteiger partial charge is 0.494 e. The van der Waals surface area contributed by atoms with E-state index in [0.717, 1.165) is 16.7 Å². The topological polar surface area (TPSA) is 22.1 Å². The van der Waals surface area contributed by atoms with Crippen LogP contribution >= 0.6 is 0 Å². The van der Waals surface area contributed by atoms with E-state index < -0.39 is 0 Å². The van der Waals surface area contributed by atoms with Gasteiger partial charge in [-0.05, 0) is 42.7 Å². The second-order valence-electron chi connectivity index (χ2n) is 4.21. The first-order chi connectivity index (χ1) is 7.70. The highest BCUT2D eigenvalue weighted by Gasteiger charge is 2.03. The monoisotopic (exact) mass is 215 g/mol. The first kappa shape index (κ1) is 10.9. The molecule has 0 bridgehead atoms. The Hall–Kier alpha value is -1.57. The third-order valence-corrected chi connectivity index (χ3v) is 2.65. The third-order valence-electron chi connectivity index (χ3n) is 2.65. The maximum absolute atomic E-state index is 5.49. The zero-order valence-corrected chi connectivity index (χ0v) is 10.0. The molecule has 0 saturated heterocycles. The van der Waals surface area contributed by atoms with Crippen LogP contribution < -0.4 is 4.74 Å². The van der Waals surface area contributed by atoms with Gasteiger partial charge in [-0.3, -0.25) is 4.98 Å². The standard InChI is InChI=1S/C14H17NO/c1-4-16-13-5-6-14-11(8-13)7-12(9-15-14)10(2)3/h5-10H,4H2,1-3H3. The number of benzene rings is 1. The first-order valence-electron chi connectivity index (χ1n) is 5.73. The lowest BCUT2D eigenvalue weighted by molar-refractivity contribution is 0.340. The summed E-state index contributed by atoms with van der Waals surface area (Å²) in [4.78, 5) is 4.45. The highest BCUT2D eigenvalue weighted by molar-refractivity contribution is 5.80. The third kappa shape index (κ3) is 2.16. The molecule has 0 unspecified atom stereocenters. The van der Waals surface area contributed by atoms with Gasteiger partial charge in [-0.2, -0.15) is 0 Å². The predicted molar refractivity (Wildman–Crippen MR) is 67.0 cm³/mol. The van der Waals surface area contributed by atoms with Crippen LogP contribution in [0.15, 0.2) is 30.5 Å². The maximum Gasteiger partial charge on any atom is 0.120 e. The number of fused-ring (bicyclic) bond motifs is 1. The zero-order valence-electron chi connectivity index (χ0n) is 10.0. The van der Waals surface area contributed by atoms with Gasteiger partial charge in [0.15, 0.2) is 0 Å². The smallest absolute Gasteiger partial charge is 0.120 e. The number of rotatable bonds is 3. The van der Waals surface area contributed by atoms with E-state index in [4.69, 9.17) is 4.74 Å².